The van der Waals surface area contributed by atoms with E-state index in [0.29, 0.717) is 34.8 Å². The lowest BCUT2D eigenvalue weighted by Crippen LogP contribution is -2.38. The van der Waals surface area contributed by atoms with Gasteiger partial charge in [0, 0.05) is 29.2 Å². The molecule has 2 N–H and O–H groups in total. The number of carbonyl (C=O) groups excluding carboxylic acids is 1. The third kappa shape index (κ3) is 2.37. The summed E-state index contributed by atoms with van der Waals surface area (Å²) < 4.78 is 15.0. The molecule has 2 aromatic carbocycles. The maximum absolute atomic E-state index is 13.6. The Bertz CT molecular complexity index is 1330. The summed E-state index contributed by atoms with van der Waals surface area (Å²) in [6, 6.07) is 12.9. The first-order chi connectivity index (χ1) is 14.0. The van der Waals surface area contributed by atoms with E-state index in [-0.39, 0.29) is 11.3 Å². The Labute approximate surface area is 164 Å². The Balaban J connectivity index is 1.87. The molecule has 3 aromatic rings. The first kappa shape index (κ1) is 17.4. The Morgan fingerprint density at radius 3 is 2.38 bits per heavy atom. The minimum Gasteiger partial charge on any atom is -0.340 e. The molecule has 1 unspecified atom stereocenters. The summed E-state index contributed by atoms with van der Waals surface area (Å²) in [5, 5.41) is 3.19. The van der Waals surface area contributed by atoms with Crippen LogP contribution in [0.4, 0.5) is 10.2 Å². The van der Waals surface area contributed by atoms with E-state index in [1.165, 1.54) is 16.7 Å². The van der Waals surface area contributed by atoms with Crippen LogP contribution in [0, 0.1) is 5.82 Å². The zero-order valence-corrected chi connectivity index (χ0v) is 15.5. The summed E-state index contributed by atoms with van der Waals surface area (Å²) in [5.74, 6) is -0.954. The number of carbonyl (C=O) groups is 1. The van der Waals surface area contributed by atoms with Crippen LogP contribution in [-0.4, -0.2) is 15.3 Å². The normalized spacial score (nSPS) is 16.9. The van der Waals surface area contributed by atoms with E-state index in [0.717, 1.165) is 5.56 Å². The van der Waals surface area contributed by atoms with Crippen LogP contribution in [-0.2, 0) is 6.54 Å². The van der Waals surface area contributed by atoms with Crippen molar-refractivity contribution in [3.8, 4) is 0 Å². The summed E-state index contributed by atoms with van der Waals surface area (Å²) in [4.78, 5) is 40.8. The number of aromatic amines is 1. The van der Waals surface area contributed by atoms with Gasteiger partial charge in [-0.25, -0.2) is 9.18 Å². The molecule has 1 atom stereocenters. The van der Waals surface area contributed by atoms with E-state index in [1.54, 1.807) is 31.2 Å². The molecular formula is C22H16FN3O3. The number of anilines is 1. The molecule has 0 fully saturated rings. The highest BCUT2D eigenvalue weighted by atomic mass is 19.1. The molecule has 5 rings (SSSR count). The van der Waals surface area contributed by atoms with Crippen LogP contribution in [0.15, 0.2) is 63.7 Å². The van der Waals surface area contributed by atoms with Gasteiger partial charge in [-0.05, 0) is 24.6 Å². The molecule has 144 valence electrons. The summed E-state index contributed by atoms with van der Waals surface area (Å²) in [6.45, 7) is 2.13. The molecule has 0 amide bonds. The second-order valence-electron chi connectivity index (χ2n) is 7.04. The van der Waals surface area contributed by atoms with Gasteiger partial charge in [0.2, 0.25) is 0 Å². The molecule has 2 aliphatic rings. The van der Waals surface area contributed by atoms with Crippen molar-refractivity contribution in [1.82, 2.24) is 9.55 Å². The topological polar surface area (TPSA) is 84.0 Å². The van der Waals surface area contributed by atoms with Crippen molar-refractivity contribution in [1.29, 1.82) is 0 Å². The van der Waals surface area contributed by atoms with Crippen molar-refractivity contribution >= 4 is 17.3 Å². The Kier molecular flexibility index (Phi) is 3.67. The van der Waals surface area contributed by atoms with Crippen molar-refractivity contribution in [2.45, 2.75) is 19.4 Å². The van der Waals surface area contributed by atoms with Gasteiger partial charge in [0.1, 0.15) is 11.6 Å². The summed E-state index contributed by atoms with van der Waals surface area (Å²) in [6.07, 6.45) is 0. The third-order valence-electron chi connectivity index (χ3n) is 5.53. The van der Waals surface area contributed by atoms with Gasteiger partial charge >= 0.3 is 5.69 Å². The number of nitrogens with zero attached hydrogens (tertiary/aromatic N) is 1. The minimum absolute atomic E-state index is 0.184. The largest absolute Gasteiger partial charge is 0.340 e. The van der Waals surface area contributed by atoms with Crippen LogP contribution in [0.2, 0.25) is 0 Å². The first-order valence-electron chi connectivity index (χ1n) is 9.29. The van der Waals surface area contributed by atoms with E-state index in [9.17, 15) is 18.8 Å². The number of hydrogen-bond donors (Lipinski definition) is 2. The lowest BCUT2D eigenvalue weighted by atomic mass is 9.81. The fourth-order valence-corrected chi connectivity index (χ4v) is 4.25. The van der Waals surface area contributed by atoms with Crippen molar-refractivity contribution in [2.24, 2.45) is 0 Å². The molecule has 6 nitrogen and oxygen atoms in total. The molecule has 0 saturated carbocycles. The second-order valence-corrected chi connectivity index (χ2v) is 7.04. The van der Waals surface area contributed by atoms with Crippen molar-refractivity contribution in [3.63, 3.8) is 0 Å². The number of rotatable bonds is 2. The van der Waals surface area contributed by atoms with Gasteiger partial charge in [-0.15, -0.1) is 0 Å². The molecule has 1 aliphatic heterocycles. The monoisotopic (exact) mass is 389 g/mol. The van der Waals surface area contributed by atoms with Gasteiger partial charge in [-0.1, -0.05) is 36.4 Å². The number of nitrogens with one attached hydrogen (secondary N) is 2. The quantitative estimate of drug-likeness (QED) is 0.706. The minimum atomic E-state index is -0.719. The van der Waals surface area contributed by atoms with Crippen LogP contribution < -0.4 is 16.6 Å². The average molecular weight is 389 g/mol. The van der Waals surface area contributed by atoms with Crippen LogP contribution in [0.25, 0.3) is 5.70 Å². The van der Waals surface area contributed by atoms with Crippen molar-refractivity contribution in [3.05, 3.63) is 103 Å². The van der Waals surface area contributed by atoms with Gasteiger partial charge in [0.15, 0.2) is 5.78 Å². The standard InChI is InChI=1S/C22H16FN3O3/c1-2-26-20-17(21(28)25-22(26)29)15(11-7-9-12(23)10-8-11)16-18(24-20)13-5-3-4-6-14(13)19(16)27/h3-10,15,24H,2H2,1H3,(H,25,28,29). The fraction of sp³-hybridized carbons (Fsp3) is 0.136. The lowest BCUT2D eigenvalue weighted by molar-refractivity contribution is 0.103. The molecule has 1 aromatic heterocycles. The molecule has 7 heteroatoms. The number of aromatic nitrogens is 2. The molecule has 0 spiro atoms. The SMILES string of the molecule is CCn1c2c(c(=O)[nH]c1=O)C(c1ccc(F)cc1)C1=C(N2)c2ccccc2C1=O. The number of allylic oxidation sites excluding steroid dienone is 1. The molecule has 29 heavy (non-hydrogen) atoms. The Morgan fingerprint density at radius 1 is 1.00 bits per heavy atom. The number of benzene rings is 2. The van der Waals surface area contributed by atoms with Gasteiger partial charge in [-0.2, -0.15) is 0 Å². The molecule has 2 heterocycles. The van der Waals surface area contributed by atoms with Crippen LogP contribution in [0.3, 0.4) is 0 Å². The summed E-state index contributed by atoms with van der Waals surface area (Å²) >= 11 is 0. The van der Waals surface area contributed by atoms with Crippen LogP contribution in [0.5, 0.6) is 0 Å². The highest BCUT2D eigenvalue weighted by Crippen LogP contribution is 2.47. The zero-order valence-electron chi connectivity index (χ0n) is 15.5. The van der Waals surface area contributed by atoms with Gasteiger partial charge in [-0.3, -0.25) is 19.1 Å². The number of Topliss-reactive ketones (excluding diaryl/α,β-unsaturated/α-hetero) is 1. The number of fused-ring (bicyclic) bond motifs is 3. The Hall–Kier alpha value is -3.74. The fourth-order valence-electron chi connectivity index (χ4n) is 4.25. The number of hydrogen-bond acceptors (Lipinski definition) is 4. The predicted molar refractivity (Wildman–Crippen MR) is 107 cm³/mol. The van der Waals surface area contributed by atoms with Gasteiger partial charge in [0.05, 0.1) is 11.3 Å². The maximum atomic E-state index is 13.6. The average Bonchev–Trinajstić information content (AvgIpc) is 3.00. The van der Waals surface area contributed by atoms with Crippen LogP contribution >= 0.6 is 0 Å². The highest BCUT2D eigenvalue weighted by molar-refractivity contribution is 6.23. The van der Waals surface area contributed by atoms with Gasteiger partial charge in [0.25, 0.3) is 5.56 Å². The van der Waals surface area contributed by atoms with Crippen molar-refractivity contribution in [2.75, 3.05) is 5.32 Å². The number of ketones is 1. The Morgan fingerprint density at radius 2 is 1.69 bits per heavy atom. The van der Waals surface area contributed by atoms with Crippen LogP contribution in [0.1, 0.15) is 39.9 Å². The van der Waals surface area contributed by atoms with E-state index in [2.05, 4.69) is 10.3 Å². The highest BCUT2D eigenvalue weighted by Gasteiger charge is 2.42. The smallest absolute Gasteiger partial charge is 0.329 e. The summed E-state index contributed by atoms with van der Waals surface area (Å²) in [5.41, 5.74) is 2.06. The summed E-state index contributed by atoms with van der Waals surface area (Å²) in [7, 11) is 0. The van der Waals surface area contributed by atoms with E-state index >= 15 is 0 Å². The van der Waals surface area contributed by atoms with E-state index in [1.807, 2.05) is 12.1 Å². The maximum Gasteiger partial charge on any atom is 0.329 e. The molecule has 0 bridgehead atoms. The molecule has 1 aliphatic carbocycles. The van der Waals surface area contributed by atoms with Gasteiger partial charge < -0.3 is 5.32 Å². The number of H-pyrrole nitrogens is 1. The molecular weight excluding hydrogens is 373 g/mol. The van der Waals surface area contributed by atoms with Crippen molar-refractivity contribution < 1.29 is 9.18 Å². The zero-order chi connectivity index (χ0) is 20.3. The number of halogens is 1. The molecule has 0 radical (unpaired) electrons. The predicted octanol–water partition coefficient (Wildman–Crippen LogP) is 2.86. The third-order valence-corrected chi connectivity index (χ3v) is 5.53. The second kappa shape index (κ2) is 6.13. The first-order valence-corrected chi connectivity index (χ1v) is 9.29. The molecule has 0 saturated heterocycles. The lowest BCUT2D eigenvalue weighted by Gasteiger charge is -2.29. The van der Waals surface area contributed by atoms with E-state index in [4.69, 9.17) is 0 Å². The van der Waals surface area contributed by atoms with E-state index < -0.39 is 23.0 Å².